The molecule has 8 heteroatoms. The van der Waals surface area contributed by atoms with Gasteiger partial charge in [-0.25, -0.2) is 4.68 Å². The lowest BCUT2D eigenvalue weighted by Gasteiger charge is -2.18. The van der Waals surface area contributed by atoms with Crippen LogP contribution >= 0.6 is 23.4 Å². The first-order valence-electron chi connectivity index (χ1n) is 10.6. The van der Waals surface area contributed by atoms with Crippen LogP contribution in [0.15, 0.2) is 90.1 Å². The fourth-order valence-electron chi connectivity index (χ4n) is 3.64. The van der Waals surface area contributed by atoms with Gasteiger partial charge in [0.2, 0.25) is 11.1 Å². The smallest absolute Gasteiger partial charge is 0.230 e. The molecule has 0 fully saturated rings. The maximum absolute atomic E-state index is 12.5. The molecule has 168 valence electrons. The number of amides is 1. The number of nitrogens with zero attached hydrogens (tertiary/aromatic N) is 3. The number of carbonyl (C=O) groups is 1. The van der Waals surface area contributed by atoms with Crippen LogP contribution < -0.4 is 11.2 Å². The Morgan fingerprint density at radius 1 is 0.939 bits per heavy atom. The Balaban J connectivity index is 1.33. The van der Waals surface area contributed by atoms with Crippen molar-refractivity contribution in [3.05, 3.63) is 101 Å². The summed E-state index contributed by atoms with van der Waals surface area (Å²) in [5, 5.41) is 12.2. The molecule has 6 nitrogen and oxygen atoms in total. The highest BCUT2D eigenvalue weighted by Crippen LogP contribution is 2.28. The molecular formula is C25H24ClN5OS. The van der Waals surface area contributed by atoms with Crippen molar-refractivity contribution in [1.82, 2.24) is 20.2 Å². The van der Waals surface area contributed by atoms with Crippen molar-refractivity contribution in [2.75, 3.05) is 18.1 Å². The molecule has 1 aromatic heterocycles. The third-order valence-corrected chi connectivity index (χ3v) is 6.54. The Kier molecular flexibility index (Phi) is 7.65. The van der Waals surface area contributed by atoms with E-state index in [1.165, 1.54) is 27.6 Å². The van der Waals surface area contributed by atoms with Gasteiger partial charge in [0.05, 0.1) is 10.8 Å². The van der Waals surface area contributed by atoms with E-state index < -0.39 is 0 Å². The lowest BCUT2D eigenvalue weighted by Crippen LogP contribution is -2.27. The summed E-state index contributed by atoms with van der Waals surface area (Å²) in [6.07, 6.45) is 0.800. The second-order valence-corrected chi connectivity index (χ2v) is 8.81. The van der Waals surface area contributed by atoms with Gasteiger partial charge in [0.25, 0.3) is 0 Å². The molecule has 4 aromatic rings. The van der Waals surface area contributed by atoms with E-state index in [4.69, 9.17) is 17.4 Å². The maximum Gasteiger partial charge on any atom is 0.230 e. The van der Waals surface area contributed by atoms with E-state index in [0.29, 0.717) is 28.1 Å². The van der Waals surface area contributed by atoms with E-state index in [1.54, 1.807) is 6.07 Å². The van der Waals surface area contributed by atoms with Gasteiger partial charge in [-0.05, 0) is 29.7 Å². The molecule has 4 rings (SSSR count). The molecule has 1 heterocycles. The molecule has 3 aromatic carbocycles. The third kappa shape index (κ3) is 5.74. The number of rotatable bonds is 9. The Morgan fingerprint density at radius 2 is 1.55 bits per heavy atom. The van der Waals surface area contributed by atoms with Gasteiger partial charge < -0.3 is 11.2 Å². The number of aromatic nitrogens is 3. The summed E-state index contributed by atoms with van der Waals surface area (Å²) in [5.41, 5.74) is 3.16. The van der Waals surface area contributed by atoms with Crippen molar-refractivity contribution >= 4 is 29.3 Å². The van der Waals surface area contributed by atoms with E-state index >= 15 is 0 Å². The van der Waals surface area contributed by atoms with E-state index in [1.807, 2.05) is 54.6 Å². The highest BCUT2D eigenvalue weighted by Gasteiger charge is 2.17. The summed E-state index contributed by atoms with van der Waals surface area (Å²) in [7, 11) is 0. The number of carbonyl (C=O) groups excluding carboxylic acids is 1. The SMILES string of the molecule is Nn1c(SCC(=O)NCCC(c2ccccc2)c2ccccc2)nnc1-c1ccccc1Cl. The van der Waals surface area contributed by atoms with Crippen LogP contribution in [-0.2, 0) is 4.79 Å². The van der Waals surface area contributed by atoms with Crippen LogP contribution in [0.5, 0.6) is 0 Å². The van der Waals surface area contributed by atoms with Crippen LogP contribution in [0, 0.1) is 0 Å². The van der Waals surface area contributed by atoms with Gasteiger partial charge in [0.1, 0.15) is 0 Å². The van der Waals surface area contributed by atoms with Crippen molar-refractivity contribution in [3.63, 3.8) is 0 Å². The zero-order chi connectivity index (χ0) is 23.0. The molecule has 0 aliphatic heterocycles. The largest absolute Gasteiger partial charge is 0.355 e. The van der Waals surface area contributed by atoms with E-state index in [0.717, 1.165) is 6.42 Å². The molecular weight excluding hydrogens is 454 g/mol. The summed E-state index contributed by atoms with van der Waals surface area (Å²) in [5.74, 6) is 6.92. The highest BCUT2D eigenvalue weighted by atomic mass is 35.5. The van der Waals surface area contributed by atoms with Gasteiger partial charge in [-0.1, -0.05) is 96.2 Å². The maximum atomic E-state index is 12.5. The van der Waals surface area contributed by atoms with Crippen LogP contribution in [-0.4, -0.2) is 33.1 Å². The predicted octanol–water partition coefficient (Wildman–Crippen LogP) is 4.74. The average Bonchev–Trinajstić information content (AvgIpc) is 3.22. The highest BCUT2D eigenvalue weighted by molar-refractivity contribution is 7.99. The molecule has 33 heavy (non-hydrogen) atoms. The first kappa shape index (κ1) is 22.9. The minimum Gasteiger partial charge on any atom is -0.355 e. The topological polar surface area (TPSA) is 85.8 Å². The molecule has 1 amide bonds. The molecule has 0 saturated carbocycles. The molecule has 0 radical (unpaired) electrons. The number of nitrogens with two attached hydrogens (primary N) is 1. The lowest BCUT2D eigenvalue weighted by atomic mass is 9.88. The third-order valence-electron chi connectivity index (χ3n) is 5.27. The average molecular weight is 478 g/mol. The minimum atomic E-state index is -0.0813. The summed E-state index contributed by atoms with van der Waals surface area (Å²) >= 11 is 7.47. The Labute approximate surface area is 202 Å². The molecule has 0 spiro atoms. The molecule has 0 bridgehead atoms. The standard InChI is InChI=1S/C25H24ClN5OS/c26-22-14-8-7-13-21(22)24-29-30-25(31(24)27)33-17-23(32)28-16-15-20(18-9-3-1-4-10-18)19-11-5-2-6-12-19/h1-14,20H,15-17,27H2,(H,28,32). The van der Waals surface area contributed by atoms with E-state index in [-0.39, 0.29) is 17.6 Å². The molecule has 0 aliphatic rings. The minimum absolute atomic E-state index is 0.0813. The number of benzene rings is 3. The number of nitrogen functional groups attached to an aromatic ring is 1. The quantitative estimate of drug-likeness (QED) is 0.268. The number of hydrogen-bond donors (Lipinski definition) is 2. The van der Waals surface area contributed by atoms with Crippen LogP contribution in [0.2, 0.25) is 5.02 Å². The zero-order valence-electron chi connectivity index (χ0n) is 17.9. The van der Waals surface area contributed by atoms with Crippen LogP contribution in [0.4, 0.5) is 0 Å². The number of halogens is 1. The zero-order valence-corrected chi connectivity index (χ0v) is 19.5. The van der Waals surface area contributed by atoms with Gasteiger partial charge in [-0.2, -0.15) is 0 Å². The Bertz CT molecular complexity index is 1160. The number of thioether (sulfide) groups is 1. The first-order chi connectivity index (χ1) is 16.1. The van der Waals surface area contributed by atoms with Gasteiger partial charge >= 0.3 is 0 Å². The fourth-order valence-corrected chi connectivity index (χ4v) is 4.54. The van der Waals surface area contributed by atoms with Gasteiger partial charge in [-0.3, -0.25) is 4.79 Å². The van der Waals surface area contributed by atoms with E-state index in [9.17, 15) is 4.79 Å². The van der Waals surface area contributed by atoms with Crippen LogP contribution in [0.3, 0.4) is 0 Å². The second-order valence-electron chi connectivity index (χ2n) is 7.46. The second kappa shape index (κ2) is 11.0. The van der Waals surface area contributed by atoms with Gasteiger partial charge in [0.15, 0.2) is 5.82 Å². The van der Waals surface area contributed by atoms with Crippen molar-refractivity contribution in [3.8, 4) is 11.4 Å². The fraction of sp³-hybridized carbons (Fsp3) is 0.160. The Morgan fingerprint density at radius 3 is 2.18 bits per heavy atom. The lowest BCUT2D eigenvalue weighted by molar-refractivity contribution is -0.118. The van der Waals surface area contributed by atoms with Crippen molar-refractivity contribution in [1.29, 1.82) is 0 Å². The van der Waals surface area contributed by atoms with Crippen LogP contribution in [0.1, 0.15) is 23.5 Å². The van der Waals surface area contributed by atoms with Crippen molar-refractivity contribution < 1.29 is 4.79 Å². The van der Waals surface area contributed by atoms with E-state index in [2.05, 4.69) is 39.8 Å². The van der Waals surface area contributed by atoms with Crippen molar-refractivity contribution in [2.45, 2.75) is 17.5 Å². The Hall–Kier alpha value is -3.29. The predicted molar refractivity (Wildman–Crippen MR) is 134 cm³/mol. The monoisotopic (exact) mass is 477 g/mol. The first-order valence-corrected chi connectivity index (χ1v) is 11.9. The summed E-state index contributed by atoms with van der Waals surface area (Å²) < 4.78 is 1.36. The summed E-state index contributed by atoms with van der Waals surface area (Å²) in [6, 6.07) is 28.0. The summed E-state index contributed by atoms with van der Waals surface area (Å²) in [6.45, 7) is 0.564. The number of nitrogens with one attached hydrogen (secondary N) is 1. The molecule has 3 N–H and O–H groups in total. The molecule has 0 saturated heterocycles. The molecule has 0 unspecified atom stereocenters. The molecule has 0 aliphatic carbocycles. The summed E-state index contributed by atoms with van der Waals surface area (Å²) in [4.78, 5) is 12.5. The normalized spacial score (nSPS) is 11.0. The van der Waals surface area contributed by atoms with Gasteiger partial charge in [-0.15, -0.1) is 10.2 Å². The van der Waals surface area contributed by atoms with Crippen molar-refractivity contribution in [2.24, 2.45) is 0 Å². The van der Waals surface area contributed by atoms with Gasteiger partial charge in [0, 0.05) is 18.0 Å². The number of hydrogen-bond acceptors (Lipinski definition) is 5. The molecule has 0 atom stereocenters. The van der Waals surface area contributed by atoms with Crippen LogP contribution in [0.25, 0.3) is 11.4 Å².